The smallest absolute Gasteiger partial charge is 0.335 e. The van der Waals surface area contributed by atoms with Gasteiger partial charge in [0, 0.05) is 15.7 Å². The summed E-state index contributed by atoms with van der Waals surface area (Å²) in [6.07, 6.45) is 0. The van der Waals surface area contributed by atoms with Crippen LogP contribution in [0.1, 0.15) is 27.0 Å². The van der Waals surface area contributed by atoms with Crippen LogP contribution in [-0.2, 0) is 5.75 Å². The zero-order chi connectivity index (χ0) is 14.7. The highest BCUT2D eigenvalue weighted by Crippen LogP contribution is 2.28. The molecule has 0 spiro atoms. The Kier molecular flexibility index (Phi) is 4.73. The van der Waals surface area contributed by atoms with Gasteiger partial charge in [0.15, 0.2) is 0 Å². The van der Waals surface area contributed by atoms with Gasteiger partial charge < -0.3 is 5.11 Å². The Hall–Kier alpha value is -1.45. The van der Waals surface area contributed by atoms with E-state index < -0.39 is 5.97 Å². The van der Waals surface area contributed by atoms with Crippen molar-refractivity contribution in [2.45, 2.75) is 24.5 Å². The van der Waals surface area contributed by atoms with Gasteiger partial charge in [-0.1, -0.05) is 23.7 Å². The van der Waals surface area contributed by atoms with Crippen molar-refractivity contribution in [3.05, 3.63) is 63.7 Å². The number of aromatic carboxylic acids is 1. The fraction of sp³-hybridized carbons (Fsp3) is 0.188. The van der Waals surface area contributed by atoms with Gasteiger partial charge in [-0.05, 0) is 54.8 Å². The first-order chi connectivity index (χ1) is 9.47. The summed E-state index contributed by atoms with van der Waals surface area (Å²) >= 11 is 7.81. The molecule has 0 aliphatic heterocycles. The summed E-state index contributed by atoms with van der Waals surface area (Å²) in [5.74, 6) is -0.235. The number of thioether (sulfide) groups is 1. The van der Waals surface area contributed by atoms with E-state index in [-0.39, 0.29) is 5.56 Å². The number of aryl methyl sites for hydroxylation is 2. The number of hydrogen-bond acceptors (Lipinski definition) is 2. The normalized spacial score (nSPS) is 10.6. The number of halogens is 1. The highest BCUT2D eigenvalue weighted by molar-refractivity contribution is 7.98. The van der Waals surface area contributed by atoms with E-state index in [9.17, 15) is 4.79 Å². The average Bonchev–Trinajstić information content (AvgIpc) is 2.41. The second-order valence-corrected chi connectivity index (χ2v) is 6.10. The highest BCUT2D eigenvalue weighted by Gasteiger charge is 2.07. The number of carboxylic acids is 1. The molecule has 0 aromatic heterocycles. The van der Waals surface area contributed by atoms with E-state index in [1.54, 1.807) is 23.9 Å². The first kappa shape index (κ1) is 14.9. The van der Waals surface area contributed by atoms with E-state index in [2.05, 4.69) is 32.0 Å². The maximum atomic E-state index is 10.8. The van der Waals surface area contributed by atoms with E-state index in [1.807, 2.05) is 0 Å². The summed E-state index contributed by atoms with van der Waals surface area (Å²) in [6, 6.07) is 11.2. The Morgan fingerprint density at radius 1 is 1.15 bits per heavy atom. The zero-order valence-electron chi connectivity index (χ0n) is 11.3. The molecular weight excluding hydrogens is 292 g/mol. The van der Waals surface area contributed by atoms with Crippen LogP contribution in [0.2, 0.25) is 5.02 Å². The molecule has 20 heavy (non-hydrogen) atoms. The third-order valence-corrected chi connectivity index (χ3v) is 4.57. The van der Waals surface area contributed by atoms with Crippen LogP contribution in [-0.4, -0.2) is 11.1 Å². The van der Waals surface area contributed by atoms with Crippen LogP contribution in [0, 0.1) is 13.8 Å². The fourth-order valence-electron chi connectivity index (χ4n) is 1.76. The van der Waals surface area contributed by atoms with Gasteiger partial charge in [-0.3, -0.25) is 0 Å². The molecule has 0 bridgehead atoms. The van der Waals surface area contributed by atoms with Crippen molar-refractivity contribution < 1.29 is 9.90 Å². The molecule has 104 valence electrons. The Balaban J connectivity index is 2.10. The average molecular weight is 307 g/mol. The van der Waals surface area contributed by atoms with Gasteiger partial charge in [0.2, 0.25) is 0 Å². The van der Waals surface area contributed by atoms with Crippen molar-refractivity contribution in [3.8, 4) is 0 Å². The molecule has 0 aliphatic rings. The molecule has 4 heteroatoms. The molecule has 0 unspecified atom stereocenters. The molecular formula is C16H15ClO2S. The van der Waals surface area contributed by atoms with Gasteiger partial charge in [0.1, 0.15) is 0 Å². The van der Waals surface area contributed by atoms with Gasteiger partial charge in [0.25, 0.3) is 0 Å². The van der Waals surface area contributed by atoms with E-state index in [0.29, 0.717) is 5.02 Å². The van der Waals surface area contributed by atoms with Crippen molar-refractivity contribution in [2.24, 2.45) is 0 Å². The fourth-order valence-corrected chi connectivity index (χ4v) is 3.09. The SMILES string of the molecule is Cc1ccc(SCc2ccc(C(=O)O)cc2Cl)cc1C. The largest absolute Gasteiger partial charge is 0.478 e. The second-order valence-electron chi connectivity index (χ2n) is 4.65. The predicted molar refractivity (Wildman–Crippen MR) is 83.9 cm³/mol. The van der Waals surface area contributed by atoms with Crippen molar-refractivity contribution in [2.75, 3.05) is 0 Å². The quantitative estimate of drug-likeness (QED) is 0.812. The van der Waals surface area contributed by atoms with E-state index >= 15 is 0 Å². The van der Waals surface area contributed by atoms with Crippen LogP contribution in [0.15, 0.2) is 41.3 Å². The highest BCUT2D eigenvalue weighted by atomic mass is 35.5. The molecule has 0 atom stereocenters. The van der Waals surface area contributed by atoms with Gasteiger partial charge >= 0.3 is 5.97 Å². The second kappa shape index (κ2) is 6.33. The lowest BCUT2D eigenvalue weighted by molar-refractivity contribution is 0.0697. The number of benzene rings is 2. The first-order valence-electron chi connectivity index (χ1n) is 6.19. The topological polar surface area (TPSA) is 37.3 Å². The molecule has 0 radical (unpaired) electrons. The van der Waals surface area contributed by atoms with Crippen LogP contribution in [0.4, 0.5) is 0 Å². The lowest BCUT2D eigenvalue weighted by Gasteiger charge is -2.07. The van der Waals surface area contributed by atoms with Crippen LogP contribution in [0.5, 0.6) is 0 Å². The summed E-state index contributed by atoms with van der Waals surface area (Å²) in [5, 5.41) is 9.40. The maximum Gasteiger partial charge on any atom is 0.335 e. The Labute approximate surface area is 127 Å². The van der Waals surface area contributed by atoms with E-state index in [4.69, 9.17) is 16.7 Å². The van der Waals surface area contributed by atoms with Crippen molar-refractivity contribution in [3.63, 3.8) is 0 Å². The molecule has 0 amide bonds. The van der Waals surface area contributed by atoms with Gasteiger partial charge in [0.05, 0.1) is 5.56 Å². The van der Waals surface area contributed by atoms with Gasteiger partial charge in [-0.25, -0.2) is 4.79 Å². The maximum absolute atomic E-state index is 10.8. The minimum Gasteiger partial charge on any atom is -0.478 e. The molecule has 0 saturated heterocycles. The summed E-state index contributed by atoms with van der Waals surface area (Å²) in [7, 11) is 0. The van der Waals surface area contributed by atoms with Gasteiger partial charge in [-0.15, -0.1) is 11.8 Å². The summed E-state index contributed by atoms with van der Waals surface area (Å²) in [4.78, 5) is 12.0. The standard InChI is InChI=1S/C16H15ClO2S/c1-10-3-6-14(7-11(10)2)20-9-13-5-4-12(16(18)19)8-15(13)17/h3-8H,9H2,1-2H3,(H,18,19). The summed E-state index contributed by atoms with van der Waals surface area (Å²) < 4.78 is 0. The lowest BCUT2D eigenvalue weighted by Crippen LogP contribution is -1.96. The number of carboxylic acid groups (broad SMARTS) is 1. The van der Waals surface area contributed by atoms with Crippen LogP contribution < -0.4 is 0 Å². The van der Waals surface area contributed by atoms with Crippen molar-refractivity contribution in [1.82, 2.24) is 0 Å². The van der Waals surface area contributed by atoms with Crippen molar-refractivity contribution in [1.29, 1.82) is 0 Å². The third kappa shape index (κ3) is 3.56. The van der Waals surface area contributed by atoms with Crippen LogP contribution in [0.3, 0.4) is 0 Å². The zero-order valence-corrected chi connectivity index (χ0v) is 12.9. The molecule has 1 N–H and O–H groups in total. The van der Waals surface area contributed by atoms with E-state index in [1.165, 1.54) is 22.1 Å². The summed E-state index contributed by atoms with van der Waals surface area (Å²) in [6.45, 7) is 4.18. The lowest BCUT2D eigenvalue weighted by atomic mass is 10.1. The molecule has 2 aromatic carbocycles. The third-order valence-electron chi connectivity index (χ3n) is 3.17. The molecule has 2 nitrogen and oxygen atoms in total. The number of carbonyl (C=O) groups is 1. The minimum absolute atomic E-state index is 0.218. The monoisotopic (exact) mass is 306 g/mol. The number of hydrogen-bond donors (Lipinski definition) is 1. The Morgan fingerprint density at radius 2 is 1.90 bits per heavy atom. The molecule has 0 heterocycles. The number of rotatable bonds is 4. The molecule has 0 saturated carbocycles. The Morgan fingerprint density at radius 3 is 2.50 bits per heavy atom. The Bertz CT molecular complexity index is 653. The van der Waals surface area contributed by atoms with Crippen LogP contribution >= 0.6 is 23.4 Å². The predicted octanol–water partition coefficient (Wildman–Crippen LogP) is 4.95. The first-order valence-corrected chi connectivity index (χ1v) is 7.55. The molecule has 2 rings (SSSR count). The molecule has 0 aliphatic carbocycles. The van der Waals surface area contributed by atoms with E-state index in [0.717, 1.165) is 11.3 Å². The summed E-state index contributed by atoms with van der Waals surface area (Å²) in [5.41, 5.74) is 3.70. The van der Waals surface area contributed by atoms with Crippen LogP contribution in [0.25, 0.3) is 0 Å². The molecule has 2 aromatic rings. The minimum atomic E-state index is -0.958. The molecule has 0 fully saturated rings. The van der Waals surface area contributed by atoms with Gasteiger partial charge in [-0.2, -0.15) is 0 Å². The van der Waals surface area contributed by atoms with Crippen molar-refractivity contribution >= 4 is 29.3 Å².